The van der Waals surface area contributed by atoms with Crippen LogP contribution in [-0.2, 0) is 4.79 Å². The number of carbonyl (C=O) groups excluding carboxylic acids is 1. The molecule has 1 heterocycles. The number of carbonyl (C=O) groups is 2. The standard InChI is InChI=1S/C13H19N5O3/c1-7-8(2)17-18-12(14-7)16-13(21)15-10-6-4-3-5-9(10)11(19)20/h9-10H,3-6H2,1-2H3,(H,19,20)(H2,14,15,16,18,21). The predicted molar refractivity (Wildman–Crippen MR) is 74.8 cm³/mol. The van der Waals surface area contributed by atoms with E-state index in [0.29, 0.717) is 24.2 Å². The summed E-state index contributed by atoms with van der Waals surface area (Å²) in [5.74, 6) is -1.30. The zero-order chi connectivity index (χ0) is 15.4. The molecule has 8 heteroatoms. The molecular weight excluding hydrogens is 274 g/mol. The summed E-state index contributed by atoms with van der Waals surface area (Å²) in [6.07, 6.45) is 3.04. The normalized spacial score (nSPS) is 21.6. The minimum Gasteiger partial charge on any atom is -0.481 e. The number of carboxylic acids is 1. The summed E-state index contributed by atoms with van der Waals surface area (Å²) in [6, 6.07) is -0.867. The summed E-state index contributed by atoms with van der Waals surface area (Å²) < 4.78 is 0. The van der Waals surface area contributed by atoms with Gasteiger partial charge in [0.05, 0.1) is 17.3 Å². The van der Waals surface area contributed by atoms with Gasteiger partial charge in [0, 0.05) is 6.04 Å². The minimum absolute atomic E-state index is 0.110. The van der Waals surface area contributed by atoms with Crippen molar-refractivity contribution in [1.29, 1.82) is 0 Å². The van der Waals surface area contributed by atoms with Gasteiger partial charge in [-0.3, -0.25) is 10.1 Å². The molecule has 1 aliphatic carbocycles. The fourth-order valence-electron chi connectivity index (χ4n) is 2.42. The number of rotatable bonds is 3. The predicted octanol–water partition coefficient (Wildman–Crippen LogP) is 1.25. The van der Waals surface area contributed by atoms with Gasteiger partial charge < -0.3 is 10.4 Å². The number of urea groups is 1. The fourth-order valence-corrected chi connectivity index (χ4v) is 2.42. The average Bonchev–Trinajstić information content (AvgIpc) is 2.43. The van der Waals surface area contributed by atoms with Gasteiger partial charge in [0.15, 0.2) is 0 Å². The van der Waals surface area contributed by atoms with Crippen molar-refractivity contribution < 1.29 is 14.7 Å². The molecule has 2 unspecified atom stereocenters. The number of aliphatic carboxylic acids is 1. The van der Waals surface area contributed by atoms with Crippen LogP contribution in [0.3, 0.4) is 0 Å². The summed E-state index contributed by atoms with van der Waals surface area (Å²) in [5, 5.41) is 22.0. The monoisotopic (exact) mass is 293 g/mol. The molecule has 1 fully saturated rings. The van der Waals surface area contributed by atoms with Crippen molar-refractivity contribution in [2.45, 2.75) is 45.6 Å². The van der Waals surface area contributed by atoms with E-state index in [1.165, 1.54) is 0 Å². The molecule has 3 N–H and O–H groups in total. The first-order valence-corrected chi connectivity index (χ1v) is 6.95. The van der Waals surface area contributed by atoms with Crippen molar-refractivity contribution in [3.63, 3.8) is 0 Å². The van der Waals surface area contributed by atoms with Gasteiger partial charge >= 0.3 is 12.0 Å². The number of carboxylic acid groups (broad SMARTS) is 1. The first-order chi connectivity index (χ1) is 9.97. The molecule has 1 aromatic heterocycles. The molecule has 0 spiro atoms. The Labute approximate surface area is 122 Å². The molecule has 0 saturated heterocycles. The second-order valence-electron chi connectivity index (χ2n) is 5.24. The van der Waals surface area contributed by atoms with E-state index >= 15 is 0 Å². The largest absolute Gasteiger partial charge is 0.481 e. The molecular formula is C13H19N5O3. The number of aromatic nitrogens is 3. The molecule has 0 aliphatic heterocycles. The highest BCUT2D eigenvalue weighted by Gasteiger charge is 2.31. The van der Waals surface area contributed by atoms with Gasteiger partial charge in [-0.2, -0.15) is 5.10 Å². The van der Waals surface area contributed by atoms with Crippen LogP contribution in [0, 0.1) is 19.8 Å². The second kappa shape index (κ2) is 6.47. The lowest BCUT2D eigenvalue weighted by molar-refractivity contribution is -0.143. The van der Waals surface area contributed by atoms with Gasteiger partial charge in [-0.25, -0.2) is 9.78 Å². The molecule has 0 radical (unpaired) electrons. The molecule has 2 rings (SSSR count). The topological polar surface area (TPSA) is 117 Å². The number of anilines is 1. The smallest absolute Gasteiger partial charge is 0.321 e. The van der Waals surface area contributed by atoms with E-state index in [9.17, 15) is 14.7 Å². The van der Waals surface area contributed by atoms with Crippen molar-refractivity contribution in [3.8, 4) is 0 Å². The number of hydrogen-bond acceptors (Lipinski definition) is 5. The Morgan fingerprint density at radius 2 is 1.86 bits per heavy atom. The SMILES string of the molecule is Cc1nnc(NC(=O)NC2CCCCC2C(=O)O)nc1C. The van der Waals surface area contributed by atoms with Crippen LogP contribution in [0.25, 0.3) is 0 Å². The van der Waals surface area contributed by atoms with E-state index in [1.807, 2.05) is 0 Å². The van der Waals surface area contributed by atoms with Crippen LogP contribution < -0.4 is 10.6 Å². The fraction of sp³-hybridized carbons (Fsp3) is 0.615. The van der Waals surface area contributed by atoms with Crippen LogP contribution in [0.5, 0.6) is 0 Å². The third-order valence-corrected chi connectivity index (χ3v) is 3.72. The van der Waals surface area contributed by atoms with Gasteiger partial charge in [0.2, 0.25) is 0 Å². The maximum Gasteiger partial charge on any atom is 0.321 e. The van der Waals surface area contributed by atoms with E-state index in [1.54, 1.807) is 13.8 Å². The Morgan fingerprint density at radius 1 is 1.14 bits per heavy atom. The van der Waals surface area contributed by atoms with Gasteiger partial charge in [-0.15, -0.1) is 5.10 Å². The van der Waals surface area contributed by atoms with Crippen molar-refractivity contribution in [2.24, 2.45) is 5.92 Å². The quantitative estimate of drug-likeness (QED) is 0.772. The average molecular weight is 293 g/mol. The van der Waals surface area contributed by atoms with Gasteiger partial charge in [-0.1, -0.05) is 12.8 Å². The van der Waals surface area contributed by atoms with Crippen molar-refractivity contribution in [3.05, 3.63) is 11.4 Å². The molecule has 1 aliphatic rings. The lowest BCUT2D eigenvalue weighted by Crippen LogP contribution is -2.46. The maximum absolute atomic E-state index is 11.9. The van der Waals surface area contributed by atoms with Gasteiger partial charge in [-0.05, 0) is 26.7 Å². The van der Waals surface area contributed by atoms with E-state index in [2.05, 4.69) is 25.8 Å². The summed E-state index contributed by atoms with van der Waals surface area (Å²) in [7, 11) is 0. The highest BCUT2D eigenvalue weighted by molar-refractivity contribution is 5.88. The highest BCUT2D eigenvalue weighted by atomic mass is 16.4. The Kier molecular flexibility index (Phi) is 4.66. The van der Waals surface area contributed by atoms with E-state index in [4.69, 9.17) is 0 Å². The first-order valence-electron chi connectivity index (χ1n) is 6.95. The summed E-state index contributed by atoms with van der Waals surface area (Å²) in [6.45, 7) is 3.55. The highest BCUT2D eigenvalue weighted by Crippen LogP contribution is 2.24. The lowest BCUT2D eigenvalue weighted by atomic mass is 9.84. The van der Waals surface area contributed by atoms with E-state index in [-0.39, 0.29) is 12.0 Å². The van der Waals surface area contributed by atoms with Crippen LogP contribution in [0.1, 0.15) is 37.1 Å². The molecule has 0 aromatic carbocycles. The number of aryl methyl sites for hydroxylation is 2. The summed E-state index contributed by atoms with van der Waals surface area (Å²) >= 11 is 0. The molecule has 2 amide bonds. The van der Waals surface area contributed by atoms with E-state index in [0.717, 1.165) is 12.8 Å². The number of hydrogen-bond donors (Lipinski definition) is 3. The summed E-state index contributed by atoms with van der Waals surface area (Å²) in [4.78, 5) is 27.2. The Morgan fingerprint density at radius 3 is 2.52 bits per heavy atom. The Balaban J connectivity index is 1.97. The van der Waals surface area contributed by atoms with Gasteiger partial charge in [0.1, 0.15) is 0 Å². The van der Waals surface area contributed by atoms with Crippen LogP contribution in [-0.4, -0.2) is 38.3 Å². The molecule has 1 aromatic rings. The third-order valence-electron chi connectivity index (χ3n) is 3.72. The lowest BCUT2D eigenvalue weighted by Gasteiger charge is -2.29. The zero-order valence-electron chi connectivity index (χ0n) is 12.1. The van der Waals surface area contributed by atoms with Crippen LogP contribution in [0.2, 0.25) is 0 Å². The molecule has 0 bridgehead atoms. The molecule has 21 heavy (non-hydrogen) atoms. The summed E-state index contributed by atoms with van der Waals surface area (Å²) in [5.41, 5.74) is 1.38. The number of nitrogens with one attached hydrogen (secondary N) is 2. The van der Waals surface area contributed by atoms with Crippen molar-refractivity contribution in [2.75, 3.05) is 5.32 Å². The zero-order valence-corrected chi connectivity index (χ0v) is 12.1. The molecule has 8 nitrogen and oxygen atoms in total. The van der Waals surface area contributed by atoms with Gasteiger partial charge in [0.25, 0.3) is 5.95 Å². The minimum atomic E-state index is -0.871. The number of amides is 2. The molecule has 2 atom stereocenters. The molecule has 1 saturated carbocycles. The maximum atomic E-state index is 11.9. The Bertz CT molecular complexity index is 549. The Hall–Kier alpha value is -2.25. The first kappa shape index (κ1) is 15.1. The van der Waals surface area contributed by atoms with Crippen molar-refractivity contribution in [1.82, 2.24) is 20.5 Å². The second-order valence-corrected chi connectivity index (χ2v) is 5.24. The third kappa shape index (κ3) is 3.87. The van der Waals surface area contributed by atoms with Crippen molar-refractivity contribution >= 4 is 17.9 Å². The van der Waals surface area contributed by atoms with Crippen LogP contribution in [0.15, 0.2) is 0 Å². The molecule has 114 valence electrons. The van der Waals surface area contributed by atoms with E-state index < -0.39 is 17.9 Å². The van der Waals surface area contributed by atoms with Crippen LogP contribution in [0.4, 0.5) is 10.7 Å². The van der Waals surface area contributed by atoms with Crippen LogP contribution >= 0.6 is 0 Å². The number of nitrogens with zero attached hydrogens (tertiary/aromatic N) is 3.